The molecule has 0 aromatic carbocycles. The van der Waals surface area contributed by atoms with Crippen molar-refractivity contribution >= 4 is 5.91 Å². The highest BCUT2D eigenvalue weighted by molar-refractivity contribution is 5.81. The third kappa shape index (κ3) is 2.99. The van der Waals surface area contributed by atoms with Gasteiger partial charge in [-0.1, -0.05) is 13.8 Å². The Kier molecular flexibility index (Phi) is 4.05. The molecule has 0 saturated carbocycles. The maximum Gasteiger partial charge on any atom is 0.239 e. The SMILES string of the molecule is CC(C)C[C@@H](N)C(=O)N1CCN2CCCC2C1. The molecule has 4 heteroatoms. The number of fused-ring (bicyclic) bond motifs is 1. The van der Waals surface area contributed by atoms with Crippen LogP contribution in [0, 0.1) is 5.92 Å². The summed E-state index contributed by atoms with van der Waals surface area (Å²) in [6.45, 7) is 8.23. The molecule has 1 amide bonds. The standard InChI is InChI=1S/C13H25N3O/c1-10(2)8-12(14)13(17)16-7-6-15-5-3-4-11(15)9-16/h10-12H,3-9,14H2,1-2H3/t11?,12-/m1/s1. The lowest BCUT2D eigenvalue weighted by molar-refractivity contribution is -0.135. The van der Waals surface area contributed by atoms with E-state index in [1.807, 2.05) is 4.90 Å². The minimum absolute atomic E-state index is 0.158. The van der Waals surface area contributed by atoms with E-state index in [0.29, 0.717) is 12.0 Å². The Labute approximate surface area is 104 Å². The summed E-state index contributed by atoms with van der Waals surface area (Å²) in [7, 11) is 0. The van der Waals surface area contributed by atoms with E-state index in [0.717, 1.165) is 26.1 Å². The molecule has 0 bridgehead atoms. The lowest BCUT2D eigenvalue weighted by Crippen LogP contribution is -2.55. The molecule has 2 N–H and O–H groups in total. The monoisotopic (exact) mass is 239 g/mol. The molecule has 1 unspecified atom stereocenters. The quantitative estimate of drug-likeness (QED) is 0.787. The van der Waals surface area contributed by atoms with Crippen LogP contribution in [0.2, 0.25) is 0 Å². The van der Waals surface area contributed by atoms with Crippen molar-refractivity contribution in [2.45, 2.75) is 45.2 Å². The van der Waals surface area contributed by atoms with Gasteiger partial charge in [0.25, 0.3) is 0 Å². The fourth-order valence-corrected chi connectivity index (χ4v) is 3.03. The number of nitrogens with two attached hydrogens (primary N) is 1. The maximum absolute atomic E-state index is 12.2. The number of hydrogen-bond acceptors (Lipinski definition) is 3. The smallest absolute Gasteiger partial charge is 0.239 e. The fourth-order valence-electron chi connectivity index (χ4n) is 3.03. The largest absolute Gasteiger partial charge is 0.338 e. The van der Waals surface area contributed by atoms with Crippen molar-refractivity contribution in [3.63, 3.8) is 0 Å². The van der Waals surface area contributed by atoms with Crippen molar-refractivity contribution in [1.29, 1.82) is 0 Å². The molecule has 0 radical (unpaired) electrons. The highest BCUT2D eigenvalue weighted by atomic mass is 16.2. The molecule has 0 aromatic heterocycles. The normalized spacial score (nSPS) is 27.3. The van der Waals surface area contributed by atoms with Crippen LogP contribution in [0.4, 0.5) is 0 Å². The molecule has 2 saturated heterocycles. The third-order valence-corrected chi connectivity index (χ3v) is 3.94. The van der Waals surface area contributed by atoms with Gasteiger partial charge in [0.15, 0.2) is 0 Å². The van der Waals surface area contributed by atoms with Crippen LogP contribution >= 0.6 is 0 Å². The second-order valence-electron chi connectivity index (χ2n) is 5.85. The molecule has 98 valence electrons. The number of rotatable bonds is 3. The van der Waals surface area contributed by atoms with Crippen molar-refractivity contribution in [2.75, 3.05) is 26.2 Å². The first-order valence-electron chi connectivity index (χ1n) is 6.86. The molecule has 2 fully saturated rings. The van der Waals surface area contributed by atoms with E-state index in [9.17, 15) is 4.79 Å². The van der Waals surface area contributed by atoms with Gasteiger partial charge in [-0.25, -0.2) is 0 Å². The van der Waals surface area contributed by atoms with Gasteiger partial charge in [0.05, 0.1) is 6.04 Å². The topological polar surface area (TPSA) is 49.6 Å². The maximum atomic E-state index is 12.2. The Balaban J connectivity index is 1.87. The summed E-state index contributed by atoms with van der Waals surface area (Å²) in [6, 6.07) is 0.293. The van der Waals surface area contributed by atoms with E-state index in [2.05, 4.69) is 18.7 Å². The first kappa shape index (κ1) is 12.8. The van der Waals surface area contributed by atoms with Crippen LogP contribution in [0.15, 0.2) is 0 Å². The molecular formula is C13H25N3O. The Morgan fingerprint density at radius 3 is 2.82 bits per heavy atom. The van der Waals surface area contributed by atoms with Crippen LogP contribution in [-0.2, 0) is 4.79 Å². The predicted octanol–water partition coefficient (Wildman–Crippen LogP) is 0.666. The molecule has 2 aliphatic rings. The molecule has 2 heterocycles. The number of hydrogen-bond donors (Lipinski definition) is 1. The summed E-state index contributed by atoms with van der Waals surface area (Å²) in [5.41, 5.74) is 5.98. The van der Waals surface area contributed by atoms with Crippen molar-refractivity contribution in [3.05, 3.63) is 0 Å². The second-order valence-corrected chi connectivity index (χ2v) is 5.85. The van der Waals surface area contributed by atoms with Crippen molar-refractivity contribution in [1.82, 2.24) is 9.80 Å². The lowest BCUT2D eigenvalue weighted by atomic mass is 10.0. The number of amides is 1. The number of carbonyl (C=O) groups is 1. The zero-order valence-corrected chi connectivity index (χ0v) is 11.1. The minimum atomic E-state index is -0.303. The molecular weight excluding hydrogens is 214 g/mol. The van der Waals surface area contributed by atoms with Gasteiger partial charge >= 0.3 is 0 Å². The minimum Gasteiger partial charge on any atom is -0.338 e. The molecule has 2 aliphatic heterocycles. The van der Waals surface area contributed by atoms with E-state index in [4.69, 9.17) is 5.73 Å². The highest BCUT2D eigenvalue weighted by Gasteiger charge is 2.33. The average molecular weight is 239 g/mol. The molecule has 0 aromatic rings. The van der Waals surface area contributed by atoms with Crippen molar-refractivity contribution in [2.24, 2.45) is 11.7 Å². The Morgan fingerprint density at radius 2 is 2.12 bits per heavy atom. The first-order valence-corrected chi connectivity index (χ1v) is 6.86. The molecule has 2 atom stereocenters. The predicted molar refractivity (Wildman–Crippen MR) is 68.6 cm³/mol. The third-order valence-electron chi connectivity index (χ3n) is 3.94. The summed E-state index contributed by atoms with van der Waals surface area (Å²) in [6.07, 6.45) is 3.32. The fraction of sp³-hybridized carbons (Fsp3) is 0.923. The van der Waals surface area contributed by atoms with Gasteiger partial charge in [0, 0.05) is 25.7 Å². The van der Waals surface area contributed by atoms with E-state index in [1.165, 1.54) is 19.4 Å². The summed E-state index contributed by atoms with van der Waals surface area (Å²) < 4.78 is 0. The second kappa shape index (κ2) is 5.36. The highest BCUT2D eigenvalue weighted by Crippen LogP contribution is 2.22. The average Bonchev–Trinajstić information content (AvgIpc) is 2.73. The van der Waals surface area contributed by atoms with Crippen molar-refractivity contribution < 1.29 is 4.79 Å². The number of piperazine rings is 1. The van der Waals surface area contributed by atoms with Crippen molar-refractivity contribution in [3.8, 4) is 0 Å². The summed E-state index contributed by atoms with van der Waals surface area (Å²) >= 11 is 0. The molecule has 0 aliphatic carbocycles. The Hall–Kier alpha value is -0.610. The van der Waals surface area contributed by atoms with Gasteiger partial charge in [-0.2, -0.15) is 0 Å². The van der Waals surface area contributed by atoms with Gasteiger partial charge in [-0.05, 0) is 31.7 Å². The van der Waals surface area contributed by atoms with Crippen LogP contribution in [-0.4, -0.2) is 54.0 Å². The van der Waals surface area contributed by atoms with Crippen LogP contribution < -0.4 is 5.73 Å². The Bertz CT molecular complexity index is 280. The first-order chi connectivity index (χ1) is 8.08. The molecule has 2 rings (SSSR count). The van der Waals surface area contributed by atoms with Crippen LogP contribution in [0.5, 0.6) is 0 Å². The summed E-state index contributed by atoms with van der Waals surface area (Å²) in [5, 5.41) is 0. The van der Waals surface area contributed by atoms with E-state index >= 15 is 0 Å². The van der Waals surface area contributed by atoms with E-state index in [1.54, 1.807) is 0 Å². The summed E-state index contributed by atoms with van der Waals surface area (Å²) in [4.78, 5) is 16.7. The zero-order valence-electron chi connectivity index (χ0n) is 11.1. The zero-order chi connectivity index (χ0) is 12.4. The van der Waals surface area contributed by atoms with E-state index < -0.39 is 0 Å². The Morgan fingerprint density at radius 1 is 1.35 bits per heavy atom. The van der Waals surface area contributed by atoms with E-state index in [-0.39, 0.29) is 11.9 Å². The van der Waals surface area contributed by atoms with Crippen LogP contribution in [0.1, 0.15) is 33.1 Å². The lowest BCUT2D eigenvalue weighted by Gasteiger charge is -2.38. The van der Waals surface area contributed by atoms with Gasteiger partial charge in [-0.15, -0.1) is 0 Å². The van der Waals surface area contributed by atoms with Gasteiger partial charge in [0.1, 0.15) is 0 Å². The van der Waals surface area contributed by atoms with Gasteiger partial charge in [-0.3, -0.25) is 9.69 Å². The van der Waals surface area contributed by atoms with Crippen LogP contribution in [0.3, 0.4) is 0 Å². The van der Waals surface area contributed by atoms with Gasteiger partial charge < -0.3 is 10.6 Å². The molecule has 0 spiro atoms. The number of nitrogens with zero attached hydrogens (tertiary/aromatic N) is 2. The molecule has 17 heavy (non-hydrogen) atoms. The van der Waals surface area contributed by atoms with Crippen LogP contribution in [0.25, 0.3) is 0 Å². The molecule has 4 nitrogen and oxygen atoms in total. The summed E-state index contributed by atoms with van der Waals surface area (Å²) in [5.74, 6) is 0.645. The van der Waals surface area contributed by atoms with Gasteiger partial charge in [0.2, 0.25) is 5.91 Å². The number of carbonyl (C=O) groups excluding carboxylic acids is 1.